The molecule has 17 heavy (non-hydrogen) atoms. The molecule has 0 bridgehead atoms. The first-order valence-corrected chi connectivity index (χ1v) is 5.76. The molecule has 0 radical (unpaired) electrons. The van der Waals surface area contributed by atoms with Gasteiger partial charge in [0.1, 0.15) is 5.75 Å². The Balaban J connectivity index is 2.06. The van der Waals surface area contributed by atoms with Crippen LogP contribution in [0.3, 0.4) is 0 Å². The van der Waals surface area contributed by atoms with Gasteiger partial charge in [0.05, 0.1) is 0 Å². The lowest BCUT2D eigenvalue weighted by Gasteiger charge is -2.06. The van der Waals surface area contributed by atoms with Crippen molar-refractivity contribution in [1.82, 2.24) is 4.98 Å². The molecule has 0 fully saturated rings. The number of ether oxygens (including phenoxy) is 1. The van der Waals surface area contributed by atoms with E-state index in [1.807, 2.05) is 36.4 Å². The normalized spacial score (nSPS) is 10.2. The molecule has 3 nitrogen and oxygen atoms in total. The van der Waals surface area contributed by atoms with Crippen LogP contribution in [-0.2, 0) is 6.42 Å². The van der Waals surface area contributed by atoms with Crippen LogP contribution in [0.15, 0.2) is 48.7 Å². The van der Waals surface area contributed by atoms with Crippen LogP contribution in [0.2, 0.25) is 0 Å². The molecule has 0 amide bonds. The third-order valence-corrected chi connectivity index (χ3v) is 2.43. The number of aryl methyl sites for hydroxylation is 1. The molecule has 1 heterocycles. The number of pyridine rings is 1. The lowest BCUT2D eigenvalue weighted by molar-refractivity contribution is 0.462. The molecule has 0 aliphatic rings. The van der Waals surface area contributed by atoms with E-state index in [1.54, 1.807) is 6.20 Å². The molecular weight excluding hydrogens is 212 g/mol. The Morgan fingerprint density at radius 2 is 2.06 bits per heavy atom. The second kappa shape index (κ2) is 6.01. The summed E-state index contributed by atoms with van der Waals surface area (Å²) in [6.07, 6.45) is 3.69. The van der Waals surface area contributed by atoms with Gasteiger partial charge >= 0.3 is 0 Å². The molecule has 88 valence electrons. The molecular formula is C14H16N2O. The SMILES string of the molecule is NCCCc1cccc(Oc2ccccn2)c1. The van der Waals surface area contributed by atoms with Gasteiger partial charge in [-0.3, -0.25) is 0 Å². The molecule has 0 saturated carbocycles. The fourth-order valence-corrected chi connectivity index (χ4v) is 1.60. The summed E-state index contributed by atoms with van der Waals surface area (Å²) in [5.41, 5.74) is 6.74. The van der Waals surface area contributed by atoms with E-state index in [0.29, 0.717) is 12.4 Å². The monoisotopic (exact) mass is 228 g/mol. The van der Waals surface area contributed by atoms with Crippen molar-refractivity contribution >= 4 is 0 Å². The highest BCUT2D eigenvalue weighted by Gasteiger charge is 1.99. The van der Waals surface area contributed by atoms with Crippen LogP contribution in [0.1, 0.15) is 12.0 Å². The third kappa shape index (κ3) is 3.57. The lowest BCUT2D eigenvalue weighted by Crippen LogP contribution is -2.00. The molecule has 0 saturated heterocycles. The first-order chi connectivity index (χ1) is 8.38. The van der Waals surface area contributed by atoms with Crippen molar-refractivity contribution in [2.45, 2.75) is 12.8 Å². The molecule has 0 aliphatic carbocycles. The maximum absolute atomic E-state index is 5.66. The van der Waals surface area contributed by atoms with Crippen LogP contribution in [0.4, 0.5) is 0 Å². The highest BCUT2D eigenvalue weighted by molar-refractivity contribution is 5.31. The fourth-order valence-electron chi connectivity index (χ4n) is 1.60. The van der Waals surface area contributed by atoms with E-state index in [2.05, 4.69) is 11.1 Å². The summed E-state index contributed by atoms with van der Waals surface area (Å²) in [6.45, 7) is 0.714. The summed E-state index contributed by atoms with van der Waals surface area (Å²) in [6, 6.07) is 13.6. The molecule has 1 aromatic carbocycles. The van der Waals surface area contributed by atoms with Crippen molar-refractivity contribution in [2.75, 3.05) is 6.54 Å². The zero-order chi connectivity index (χ0) is 11.9. The van der Waals surface area contributed by atoms with Gasteiger partial charge in [0, 0.05) is 12.3 Å². The summed E-state index contributed by atoms with van der Waals surface area (Å²) >= 11 is 0. The van der Waals surface area contributed by atoms with Gasteiger partial charge < -0.3 is 10.5 Å². The van der Waals surface area contributed by atoms with E-state index in [9.17, 15) is 0 Å². The van der Waals surface area contributed by atoms with E-state index in [-0.39, 0.29) is 0 Å². The number of nitrogens with zero attached hydrogens (tertiary/aromatic N) is 1. The van der Waals surface area contributed by atoms with E-state index >= 15 is 0 Å². The van der Waals surface area contributed by atoms with Crippen LogP contribution in [0.25, 0.3) is 0 Å². The second-order valence-corrected chi connectivity index (χ2v) is 3.81. The molecule has 0 unspecified atom stereocenters. The van der Waals surface area contributed by atoms with Gasteiger partial charge in [0.15, 0.2) is 0 Å². The number of hydrogen-bond acceptors (Lipinski definition) is 3. The van der Waals surface area contributed by atoms with Crippen molar-refractivity contribution in [2.24, 2.45) is 5.73 Å². The summed E-state index contributed by atoms with van der Waals surface area (Å²) in [5.74, 6) is 1.43. The van der Waals surface area contributed by atoms with Crippen LogP contribution < -0.4 is 10.5 Å². The number of rotatable bonds is 5. The molecule has 1 aromatic heterocycles. The van der Waals surface area contributed by atoms with Crippen LogP contribution in [0.5, 0.6) is 11.6 Å². The zero-order valence-electron chi connectivity index (χ0n) is 9.67. The van der Waals surface area contributed by atoms with E-state index < -0.39 is 0 Å². The Hall–Kier alpha value is -1.87. The van der Waals surface area contributed by atoms with Crippen molar-refractivity contribution in [3.05, 3.63) is 54.2 Å². The molecule has 2 N–H and O–H groups in total. The highest BCUT2D eigenvalue weighted by atomic mass is 16.5. The molecule has 3 heteroatoms. The maximum atomic E-state index is 5.66. The molecule has 2 aromatic rings. The first-order valence-electron chi connectivity index (χ1n) is 5.76. The minimum Gasteiger partial charge on any atom is -0.439 e. The van der Waals surface area contributed by atoms with Crippen LogP contribution in [-0.4, -0.2) is 11.5 Å². The van der Waals surface area contributed by atoms with Crippen LogP contribution in [0, 0.1) is 0 Å². The Labute approximate surface area is 101 Å². The van der Waals surface area contributed by atoms with Gasteiger partial charge in [-0.15, -0.1) is 0 Å². The molecule has 2 rings (SSSR count). The zero-order valence-corrected chi connectivity index (χ0v) is 9.67. The highest BCUT2D eigenvalue weighted by Crippen LogP contribution is 2.20. The third-order valence-electron chi connectivity index (χ3n) is 2.43. The van der Waals surface area contributed by atoms with Crippen LogP contribution >= 0.6 is 0 Å². The molecule has 0 aliphatic heterocycles. The summed E-state index contributed by atoms with van der Waals surface area (Å²) in [4.78, 5) is 4.12. The van der Waals surface area contributed by atoms with E-state index in [4.69, 9.17) is 10.5 Å². The second-order valence-electron chi connectivity index (χ2n) is 3.81. The van der Waals surface area contributed by atoms with Crippen molar-refractivity contribution < 1.29 is 4.74 Å². The Morgan fingerprint density at radius 3 is 2.82 bits per heavy atom. The first kappa shape index (κ1) is 11.6. The quantitative estimate of drug-likeness (QED) is 0.856. The summed E-state index contributed by atoms with van der Waals surface area (Å²) < 4.78 is 5.66. The average molecular weight is 228 g/mol. The van der Waals surface area contributed by atoms with E-state index in [1.165, 1.54) is 5.56 Å². The van der Waals surface area contributed by atoms with Gasteiger partial charge in [-0.05, 0) is 43.1 Å². The lowest BCUT2D eigenvalue weighted by atomic mass is 10.1. The predicted octanol–water partition coefficient (Wildman–Crippen LogP) is 2.77. The van der Waals surface area contributed by atoms with Crippen molar-refractivity contribution in [3.63, 3.8) is 0 Å². The van der Waals surface area contributed by atoms with Crippen molar-refractivity contribution in [3.8, 4) is 11.6 Å². The Morgan fingerprint density at radius 1 is 1.12 bits per heavy atom. The Bertz CT molecular complexity index is 457. The number of nitrogens with two attached hydrogens (primary N) is 1. The standard InChI is InChI=1S/C14H16N2O/c15-9-4-6-12-5-3-7-13(11-12)17-14-8-1-2-10-16-14/h1-3,5,7-8,10-11H,4,6,9,15H2. The minimum atomic E-state index is 0.614. The molecule has 0 spiro atoms. The van der Waals surface area contributed by atoms with Gasteiger partial charge in [0.25, 0.3) is 0 Å². The minimum absolute atomic E-state index is 0.614. The maximum Gasteiger partial charge on any atom is 0.219 e. The predicted molar refractivity (Wildman–Crippen MR) is 68.1 cm³/mol. The van der Waals surface area contributed by atoms with Gasteiger partial charge in [-0.1, -0.05) is 18.2 Å². The largest absolute Gasteiger partial charge is 0.439 e. The number of benzene rings is 1. The summed E-state index contributed by atoms with van der Waals surface area (Å²) in [5, 5.41) is 0. The number of hydrogen-bond donors (Lipinski definition) is 1. The van der Waals surface area contributed by atoms with Gasteiger partial charge in [-0.25, -0.2) is 4.98 Å². The van der Waals surface area contributed by atoms with Gasteiger partial charge in [-0.2, -0.15) is 0 Å². The van der Waals surface area contributed by atoms with Gasteiger partial charge in [0.2, 0.25) is 5.88 Å². The average Bonchev–Trinajstić information content (AvgIpc) is 2.38. The smallest absolute Gasteiger partial charge is 0.219 e. The summed E-state index contributed by atoms with van der Waals surface area (Å²) in [7, 11) is 0. The van der Waals surface area contributed by atoms with Crippen molar-refractivity contribution in [1.29, 1.82) is 0 Å². The topological polar surface area (TPSA) is 48.1 Å². The number of aromatic nitrogens is 1. The van der Waals surface area contributed by atoms with E-state index in [0.717, 1.165) is 18.6 Å². The molecule has 0 atom stereocenters. The Kier molecular flexibility index (Phi) is 4.11. The fraction of sp³-hybridized carbons (Fsp3) is 0.214.